The lowest BCUT2D eigenvalue weighted by Gasteiger charge is -2.40. The molecule has 6 N–H and O–H groups in total. The number of hydrogen-bond donors (Lipinski definition) is 6. The third-order valence-corrected chi connectivity index (χ3v) is 13.9. The highest BCUT2D eigenvalue weighted by molar-refractivity contribution is 5.76. The zero-order valence-corrected chi connectivity index (χ0v) is 47.3. The predicted molar refractivity (Wildman–Crippen MR) is 313 cm³/mol. The van der Waals surface area contributed by atoms with E-state index >= 15 is 0 Å². The summed E-state index contributed by atoms with van der Waals surface area (Å²) in [7, 11) is 0. The number of rotatable bonds is 51. The lowest BCUT2D eigenvalue weighted by molar-refractivity contribution is -0.302. The van der Waals surface area contributed by atoms with E-state index in [2.05, 4.69) is 104 Å². The first-order chi connectivity index (χ1) is 36.3. The Hall–Kier alpha value is -2.89. The minimum atomic E-state index is -1.58. The molecule has 9 nitrogen and oxygen atoms in total. The van der Waals surface area contributed by atoms with Gasteiger partial charge < -0.3 is 40.3 Å². The first kappa shape index (κ1) is 69.1. The summed E-state index contributed by atoms with van der Waals surface area (Å²) in [5.74, 6) is -0.203. The second kappa shape index (κ2) is 53.5. The molecule has 1 aliphatic rings. The summed E-state index contributed by atoms with van der Waals surface area (Å²) < 4.78 is 11.3. The predicted octanol–water partition coefficient (Wildman–Crippen LogP) is 15.6. The number of nitrogens with one attached hydrogen (secondary N) is 1. The molecule has 1 amide bonds. The number of ether oxygens (including phenoxy) is 2. The number of carbonyl (C=O) groups excluding carboxylic acids is 1. The zero-order chi connectivity index (χ0) is 53.6. The van der Waals surface area contributed by atoms with Gasteiger partial charge in [-0.2, -0.15) is 0 Å². The molecule has 0 aliphatic carbocycles. The zero-order valence-electron chi connectivity index (χ0n) is 47.3. The fourth-order valence-electron chi connectivity index (χ4n) is 9.12. The molecule has 0 bridgehead atoms. The van der Waals surface area contributed by atoms with Crippen molar-refractivity contribution >= 4 is 5.91 Å². The van der Waals surface area contributed by atoms with Crippen LogP contribution in [0.25, 0.3) is 0 Å². The molecular weight excluding hydrogens is 923 g/mol. The number of carbonyl (C=O) groups is 1. The maximum absolute atomic E-state index is 13.1. The van der Waals surface area contributed by atoms with Crippen LogP contribution in [0.4, 0.5) is 0 Å². The Bertz CT molecular complexity index is 1480. The molecule has 1 fully saturated rings. The van der Waals surface area contributed by atoms with Gasteiger partial charge in [-0.15, -0.1) is 0 Å². The lowest BCUT2D eigenvalue weighted by Crippen LogP contribution is -2.60. The summed E-state index contributed by atoms with van der Waals surface area (Å²) in [4.78, 5) is 13.1. The minimum absolute atomic E-state index is 0.203. The number of amides is 1. The van der Waals surface area contributed by atoms with Gasteiger partial charge in [-0.05, 0) is 83.5 Å². The van der Waals surface area contributed by atoms with E-state index in [0.717, 1.165) is 103 Å². The van der Waals surface area contributed by atoms with E-state index in [-0.39, 0.29) is 12.5 Å². The SMILES string of the molecule is CC/C=C\C/C=C\C/C=C\C/C=C\C/C=C\C/C=C\CCCCCCCCC(=O)NC(COC1OC(CO)C(O)C(O)C1O)C(O)/C=C/CC/C=C/CCCCCCCCCCCCCCCCCCCCCC. The summed E-state index contributed by atoms with van der Waals surface area (Å²) >= 11 is 0. The number of unbranched alkanes of at least 4 members (excludes halogenated alkanes) is 27. The molecule has 9 heteroatoms. The molecule has 0 aromatic rings. The van der Waals surface area contributed by atoms with Gasteiger partial charge in [-0.3, -0.25) is 4.79 Å². The molecule has 0 aromatic carbocycles. The molecule has 426 valence electrons. The fraction of sp³-hybridized carbons (Fsp3) is 0.738. The molecule has 1 heterocycles. The molecule has 0 spiro atoms. The van der Waals surface area contributed by atoms with Gasteiger partial charge in [0.1, 0.15) is 24.4 Å². The monoisotopic (exact) mass is 1040 g/mol. The van der Waals surface area contributed by atoms with Crippen LogP contribution in [0.5, 0.6) is 0 Å². The second-order valence-corrected chi connectivity index (χ2v) is 20.8. The van der Waals surface area contributed by atoms with Crippen LogP contribution in [0.3, 0.4) is 0 Å². The summed E-state index contributed by atoms with van der Waals surface area (Å²) in [5.41, 5.74) is 0. The van der Waals surface area contributed by atoms with Gasteiger partial charge in [0.15, 0.2) is 6.29 Å². The number of allylic oxidation sites excluding steroid dienone is 15. The van der Waals surface area contributed by atoms with E-state index in [9.17, 15) is 30.3 Å². The van der Waals surface area contributed by atoms with Crippen LogP contribution < -0.4 is 5.32 Å². The van der Waals surface area contributed by atoms with Gasteiger partial charge >= 0.3 is 0 Å². The highest BCUT2D eigenvalue weighted by Gasteiger charge is 2.44. The number of aliphatic hydroxyl groups is 5. The Morgan fingerprint density at radius 3 is 1.30 bits per heavy atom. The third-order valence-electron chi connectivity index (χ3n) is 13.9. The lowest BCUT2D eigenvalue weighted by atomic mass is 9.99. The molecule has 0 saturated carbocycles. The van der Waals surface area contributed by atoms with Gasteiger partial charge in [0.25, 0.3) is 0 Å². The highest BCUT2D eigenvalue weighted by Crippen LogP contribution is 2.23. The van der Waals surface area contributed by atoms with E-state index in [1.807, 2.05) is 6.08 Å². The van der Waals surface area contributed by atoms with Crippen LogP contribution in [-0.2, 0) is 14.3 Å². The quantitative estimate of drug-likeness (QED) is 0.0261. The van der Waals surface area contributed by atoms with E-state index in [1.165, 1.54) is 128 Å². The first-order valence-corrected chi connectivity index (χ1v) is 30.5. The summed E-state index contributed by atoms with van der Waals surface area (Å²) in [6.07, 6.45) is 70.5. The van der Waals surface area contributed by atoms with Crippen molar-refractivity contribution in [1.29, 1.82) is 0 Å². The van der Waals surface area contributed by atoms with Crippen LogP contribution in [0.1, 0.15) is 251 Å². The van der Waals surface area contributed by atoms with Crippen molar-refractivity contribution < 1.29 is 39.8 Å². The van der Waals surface area contributed by atoms with Crippen molar-refractivity contribution in [3.05, 3.63) is 97.2 Å². The van der Waals surface area contributed by atoms with E-state index < -0.39 is 49.5 Å². The van der Waals surface area contributed by atoms with Crippen molar-refractivity contribution in [3.63, 3.8) is 0 Å². The van der Waals surface area contributed by atoms with E-state index in [1.54, 1.807) is 6.08 Å². The maximum Gasteiger partial charge on any atom is 0.220 e. The second-order valence-electron chi connectivity index (χ2n) is 20.8. The molecule has 0 aromatic heterocycles. The minimum Gasteiger partial charge on any atom is -0.394 e. The summed E-state index contributed by atoms with van der Waals surface area (Å²) in [5, 5.41) is 54.6. The smallest absolute Gasteiger partial charge is 0.220 e. The molecule has 74 heavy (non-hydrogen) atoms. The molecule has 1 rings (SSSR count). The Kier molecular flexibility index (Phi) is 50.0. The molecule has 1 saturated heterocycles. The van der Waals surface area contributed by atoms with Crippen LogP contribution in [0.2, 0.25) is 0 Å². The largest absolute Gasteiger partial charge is 0.394 e. The van der Waals surface area contributed by atoms with Crippen molar-refractivity contribution in [2.75, 3.05) is 13.2 Å². The highest BCUT2D eigenvalue weighted by atomic mass is 16.7. The van der Waals surface area contributed by atoms with Crippen molar-refractivity contribution in [1.82, 2.24) is 5.32 Å². The van der Waals surface area contributed by atoms with Crippen LogP contribution >= 0.6 is 0 Å². The van der Waals surface area contributed by atoms with Crippen LogP contribution in [0, 0.1) is 0 Å². The number of aliphatic hydroxyl groups excluding tert-OH is 5. The van der Waals surface area contributed by atoms with Crippen molar-refractivity contribution in [3.8, 4) is 0 Å². The van der Waals surface area contributed by atoms with Gasteiger partial charge in [-0.1, -0.05) is 259 Å². The van der Waals surface area contributed by atoms with Gasteiger partial charge in [0.05, 0.1) is 25.4 Å². The van der Waals surface area contributed by atoms with Crippen molar-refractivity contribution in [2.24, 2.45) is 0 Å². The van der Waals surface area contributed by atoms with Crippen LogP contribution in [0.15, 0.2) is 97.2 Å². The maximum atomic E-state index is 13.1. The fourth-order valence-corrected chi connectivity index (χ4v) is 9.12. The average molecular weight is 1040 g/mol. The molecule has 0 radical (unpaired) electrons. The standard InChI is InChI=1S/C65H113NO8/c1-3-5-7-9-11-13-15-17-19-21-23-25-27-29-31-32-34-36-38-40-42-44-46-48-50-52-54-59(68)58(57-73-65-64(72)63(71)62(70)60(56-67)74-65)66-61(69)55-53-51-49-47-45-43-41-39-37-35-33-30-28-26-24-22-20-18-16-14-12-10-8-6-4-2/h6,8,12,14,18,20,24,26,30,33,37,39,44,46,52,54,58-60,62-65,67-68,70-72H,3-5,7,9-11,13,15-17,19,21-23,25,27-29,31-32,34-36,38,40-43,45,47-51,53,55-57H2,1-2H3,(H,66,69)/b8-6-,14-12-,20-18-,26-24-,33-30-,39-37-,46-44+,54-52+. The van der Waals surface area contributed by atoms with E-state index in [0.29, 0.717) is 6.42 Å². The van der Waals surface area contributed by atoms with Gasteiger partial charge in [0, 0.05) is 6.42 Å². The molecule has 7 atom stereocenters. The average Bonchev–Trinajstić information content (AvgIpc) is 3.40. The summed E-state index contributed by atoms with van der Waals surface area (Å²) in [6, 6.07) is -0.838. The Balaban J connectivity index is 2.26. The molecule has 1 aliphatic heterocycles. The van der Waals surface area contributed by atoms with Gasteiger partial charge in [-0.25, -0.2) is 0 Å². The Labute approximate surface area is 453 Å². The third kappa shape index (κ3) is 42.2. The number of hydrogen-bond acceptors (Lipinski definition) is 8. The Morgan fingerprint density at radius 1 is 0.473 bits per heavy atom. The molecule has 7 unspecified atom stereocenters. The normalized spacial score (nSPS) is 19.7. The first-order valence-electron chi connectivity index (χ1n) is 30.5. The van der Waals surface area contributed by atoms with E-state index in [4.69, 9.17) is 9.47 Å². The summed E-state index contributed by atoms with van der Waals surface area (Å²) in [6.45, 7) is 3.65. The van der Waals surface area contributed by atoms with Crippen molar-refractivity contribution in [2.45, 2.75) is 294 Å². The Morgan fingerprint density at radius 2 is 0.851 bits per heavy atom. The topological polar surface area (TPSA) is 149 Å². The van der Waals surface area contributed by atoms with Gasteiger partial charge in [0.2, 0.25) is 5.91 Å². The molecular formula is C65H113NO8. The van der Waals surface area contributed by atoms with Crippen LogP contribution in [-0.4, -0.2) is 87.5 Å².